The fourth-order valence-electron chi connectivity index (χ4n) is 1.59. The lowest BCUT2D eigenvalue weighted by atomic mass is 10.2. The zero-order valence-electron chi connectivity index (χ0n) is 9.96. The molecule has 1 aliphatic rings. The number of halogens is 1. The van der Waals surface area contributed by atoms with Gasteiger partial charge in [-0.05, 0) is 30.2 Å². The van der Waals surface area contributed by atoms with E-state index in [4.69, 9.17) is 10.5 Å². The molecule has 5 nitrogen and oxygen atoms in total. The Morgan fingerprint density at radius 1 is 1.61 bits per heavy atom. The molecule has 1 atom stereocenters. The zero-order valence-corrected chi connectivity index (χ0v) is 12.4. The Bertz CT molecular complexity index is 485. The first kappa shape index (κ1) is 15.7. The van der Waals surface area contributed by atoms with Gasteiger partial charge in [0.05, 0.1) is 7.11 Å². The van der Waals surface area contributed by atoms with Crippen molar-refractivity contribution in [1.29, 1.82) is 0 Å². The van der Waals surface area contributed by atoms with E-state index in [0.29, 0.717) is 11.7 Å². The number of hydrogen-bond acceptors (Lipinski definition) is 5. The Hall–Kier alpha value is -0.340. The number of methoxy groups -OCH3 is 1. The highest BCUT2D eigenvalue weighted by Crippen LogP contribution is 2.32. The van der Waals surface area contributed by atoms with Gasteiger partial charge in [0.25, 0.3) is 10.0 Å². The molecule has 3 N–H and O–H groups in total. The van der Waals surface area contributed by atoms with E-state index in [1.807, 2.05) is 0 Å². The van der Waals surface area contributed by atoms with Crippen LogP contribution in [0.3, 0.4) is 0 Å². The molecule has 0 aliphatic heterocycles. The van der Waals surface area contributed by atoms with Gasteiger partial charge in [-0.2, -0.15) is 0 Å². The molecule has 1 unspecified atom stereocenters. The number of thiophene rings is 1. The molecule has 0 spiro atoms. The molecule has 1 saturated carbocycles. The Kier molecular flexibility index (Phi) is 5.42. The quantitative estimate of drug-likeness (QED) is 0.827. The van der Waals surface area contributed by atoms with Crippen LogP contribution in [0.15, 0.2) is 15.7 Å². The molecule has 0 bridgehead atoms. The number of nitrogens with two attached hydrogens (primary N) is 1. The average molecular weight is 313 g/mol. The molecule has 0 saturated heterocycles. The summed E-state index contributed by atoms with van der Waals surface area (Å²) in [4.78, 5) is 0. The third-order valence-corrected chi connectivity index (χ3v) is 5.67. The summed E-state index contributed by atoms with van der Waals surface area (Å²) in [5.74, 6) is 0.852. The first-order chi connectivity index (χ1) is 8.04. The number of ether oxygens (including phenoxy) is 1. The van der Waals surface area contributed by atoms with Crippen molar-refractivity contribution in [2.24, 2.45) is 11.7 Å². The second-order valence-corrected chi connectivity index (χ2v) is 7.01. The maximum Gasteiger partial charge on any atom is 0.253 e. The van der Waals surface area contributed by atoms with Crippen LogP contribution in [0.2, 0.25) is 0 Å². The van der Waals surface area contributed by atoms with Crippen molar-refractivity contribution in [2.45, 2.75) is 23.1 Å². The van der Waals surface area contributed by atoms with Crippen molar-refractivity contribution >= 4 is 33.8 Å². The molecule has 0 radical (unpaired) electrons. The molecule has 1 aromatic rings. The molecular formula is C10H17ClN2O3S2. The Balaban J connectivity index is 0.00000162. The van der Waals surface area contributed by atoms with Crippen molar-refractivity contribution in [3.63, 3.8) is 0 Å². The summed E-state index contributed by atoms with van der Waals surface area (Å²) in [6, 6.07) is 1.55. The van der Waals surface area contributed by atoms with Gasteiger partial charge in [-0.1, -0.05) is 0 Å². The third kappa shape index (κ3) is 3.58. The molecule has 1 aromatic heterocycles. The van der Waals surface area contributed by atoms with Gasteiger partial charge < -0.3 is 10.5 Å². The largest absolute Gasteiger partial charge is 0.494 e. The van der Waals surface area contributed by atoms with Gasteiger partial charge in [0.2, 0.25) is 0 Å². The van der Waals surface area contributed by atoms with Gasteiger partial charge in [-0.3, -0.25) is 0 Å². The molecule has 8 heteroatoms. The number of hydrogen-bond donors (Lipinski definition) is 2. The molecule has 1 fully saturated rings. The van der Waals surface area contributed by atoms with E-state index in [2.05, 4.69) is 4.72 Å². The Labute approximate surface area is 117 Å². The minimum Gasteiger partial charge on any atom is -0.494 e. The molecule has 1 heterocycles. The third-order valence-electron chi connectivity index (χ3n) is 2.80. The highest BCUT2D eigenvalue weighted by atomic mass is 35.5. The van der Waals surface area contributed by atoms with Crippen LogP contribution >= 0.6 is 23.7 Å². The second-order valence-electron chi connectivity index (χ2n) is 4.13. The molecule has 0 aromatic carbocycles. The van der Waals surface area contributed by atoms with Crippen molar-refractivity contribution in [2.75, 3.05) is 13.7 Å². The first-order valence-electron chi connectivity index (χ1n) is 5.41. The van der Waals surface area contributed by atoms with Gasteiger partial charge in [0.1, 0.15) is 5.75 Å². The van der Waals surface area contributed by atoms with E-state index < -0.39 is 10.0 Å². The molecular weight excluding hydrogens is 296 g/mol. The van der Waals surface area contributed by atoms with Crippen LogP contribution in [0.4, 0.5) is 0 Å². The highest BCUT2D eigenvalue weighted by molar-refractivity contribution is 7.91. The SMILES string of the molecule is COc1ccsc1S(=O)(=O)NCC(N)C1CC1.Cl. The molecule has 104 valence electrons. The normalized spacial score (nSPS) is 17.0. The number of sulfonamides is 1. The lowest BCUT2D eigenvalue weighted by molar-refractivity contribution is 0.406. The van der Waals surface area contributed by atoms with E-state index in [1.54, 1.807) is 11.4 Å². The number of rotatable bonds is 6. The maximum atomic E-state index is 12.0. The van der Waals surface area contributed by atoms with E-state index in [0.717, 1.165) is 24.2 Å². The lowest BCUT2D eigenvalue weighted by Gasteiger charge is -2.11. The molecule has 0 amide bonds. The first-order valence-corrected chi connectivity index (χ1v) is 7.77. The summed E-state index contributed by atoms with van der Waals surface area (Å²) in [7, 11) is -2.04. The summed E-state index contributed by atoms with van der Waals surface area (Å²) < 4.78 is 31.7. The summed E-state index contributed by atoms with van der Waals surface area (Å²) in [5.41, 5.74) is 5.86. The van der Waals surface area contributed by atoms with Gasteiger partial charge in [0.15, 0.2) is 4.21 Å². The standard InChI is InChI=1S/C10H16N2O3S2.ClH/c1-15-9-4-5-16-10(9)17(13,14)12-6-8(11)7-2-3-7;/h4-5,7-8,12H,2-3,6,11H2,1H3;1H. The topological polar surface area (TPSA) is 81.4 Å². The van der Waals surface area contributed by atoms with Crippen molar-refractivity contribution < 1.29 is 13.2 Å². The maximum absolute atomic E-state index is 12.0. The van der Waals surface area contributed by atoms with Crippen molar-refractivity contribution in [1.82, 2.24) is 4.72 Å². The Morgan fingerprint density at radius 3 is 2.83 bits per heavy atom. The average Bonchev–Trinajstić information content (AvgIpc) is 3.03. The van der Waals surface area contributed by atoms with Gasteiger partial charge in [0, 0.05) is 12.6 Å². The zero-order chi connectivity index (χ0) is 12.5. The van der Waals surface area contributed by atoms with Crippen LogP contribution in [0, 0.1) is 5.92 Å². The molecule has 18 heavy (non-hydrogen) atoms. The van der Waals surface area contributed by atoms with Crippen molar-refractivity contribution in [3.8, 4) is 5.75 Å². The fraction of sp³-hybridized carbons (Fsp3) is 0.600. The van der Waals surface area contributed by atoms with E-state index >= 15 is 0 Å². The molecule has 1 aliphatic carbocycles. The van der Waals surface area contributed by atoms with E-state index in [9.17, 15) is 8.42 Å². The summed E-state index contributed by atoms with van der Waals surface area (Å²) in [6.07, 6.45) is 2.20. The van der Waals surface area contributed by atoms with E-state index in [1.165, 1.54) is 7.11 Å². The highest BCUT2D eigenvalue weighted by Gasteiger charge is 2.30. The minimum atomic E-state index is -3.50. The minimum absolute atomic E-state index is 0. The second kappa shape index (κ2) is 6.21. The van der Waals surface area contributed by atoms with Gasteiger partial charge in [-0.15, -0.1) is 23.7 Å². The van der Waals surface area contributed by atoms with Crippen molar-refractivity contribution in [3.05, 3.63) is 11.4 Å². The van der Waals surface area contributed by atoms with Crippen LogP contribution in [0.5, 0.6) is 5.75 Å². The van der Waals surface area contributed by atoms with Crippen LogP contribution in [0.25, 0.3) is 0 Å². The Morgan fingerprint density at radius 2 is 2.28 bits per heavy atom. The summed E-state index contributed by atoms with van der Waals surface area (Å²) in [5, 5.41) is 1.69. The van der Waals surface area contributed by atoms with Crippen LogP contribution in [0.1, 0.15) is 12.8 Å². The lowest BCUT2D eigenvalue weighted by Crippen LogP contribution is -2.38. The van der Waals surface area contributed by atoms with Gasteiger partial charge in [-0.25, -0.2) is 13.1 Å². The van der Waals surface area contributed by atoms with Crippen LogP contribution in [-0.2, 0) is 10.0 Å². The predicted molar refractivity (Wildman–Crippen MR) is 74.0 cm³/mol. The van der Waals surface area contributed by atoms with Crippen LogP contribution < -0.4 is 15.2 Å². The summed E-state index contributed by atoms with van der Waals surface area (Å²) >= 11 is 1.14. The predicted octanol–water partition coefficient (Wildman–Crippen LogP) is 1.19. The van der Waals surface area contributed by atoms with Crippen LogP contribution in [-0.4, -0.2) is 28.1 Å². The monoisotopic (exact) mass is 312 g/mol. The fourth-order valence-corrected chi connectivity index (χ4v) is 3.99. The number of nitrogens with one attached hydrogen (secondary N) is 1. The smallest absolute Gasteiger partial charge is 0.253 e. The van der Waals surface area contributed by atoms with E-state index in [-0.39, 0.29) is 29.2 Å². The van der Waals surface area contributed by atoms with Gasteiger partial charge >= 0.3 is 0 Å². The molecule has 2 rings (SSSR count). The summed E-state index contributed by atoms with van der Waals surface area (Å²) in [6.45, 7) is 0.286.